The van der Waals surface area contributed by atoms with Crippen molar-refractivity contribution in [3.63, 3.8) is 0 Å². The predicted molar refractivity (Wildman–Crippen MR) is 72.2 cm³/mol. The lowest BCUT2D eigenvalue weighted by Gasteiger charge is -2.19. The summed E-state index contributed by atoms with van der Waals surface area (Å²) in [6.07, 6.45) is 1.23. The van der Waals surface area contributed by atoms with Crippen LogP contribution in [-0.4, -0.2) is 17.1 Å². The molecule has 4 N–H and O–H groups in total. The molecule has 0 radical (unpaired) electrons. The van der Waals surface area contributed by atoms with Gasteiger partial charge in [-0.3, -0.25) is 0 Å². The zero-order valence-electron chi connectivity index (χ0n) is 9.45. The monoisotopic (exact) mass is 275 g/mol. The molecule has 0 aromatic heterocycles. The average Bonchev–Trinajstić information content (AvgIpc) is 2.32. The zero-order valence-corrected chi connectivity index (χ0v) is 11.0. The fraction of sp³-hybridized carbons (Fsp3) is 0.364. The molecule has 0 heterocycles. The van der Waals surface area contributed by atoms with Crippen molar-refractivity contribution in [3.05, 3.63) is 28.2 Å². The van der Waals surface area contributed by atoms with Gasteiger partial charge in [0.05, 0.1) is 15.7 Å². The second kappa shape index (κ2) is 6.57. The lowest BCUT2D eigenvalue weighted by atomic mass is 10.1. The highest BCUT2D eigenvalue weighted by Crippen LogP contribution is 2.30. The van der Waals surface area contributed by atoms with Gasteiger partial charge in [0, 0.05) is 12.5 Å². The summed E-state index contributed by atoms with van der Waals surface area (Å²) >= 11 is 12.1. The molecule has 0 saturated carbocycles. The van der Waals surface area contributed by atoms with Crippen LogP contribution < -0.4 is 11.1 Å². The number of nitrogens with one attached hydrogen (secondary N) is 1. The van der Waals surface area contributed by atoms with E-state index in [1.54, 1.807) is 18.2 Å². The van der Waals surface area contributed by atoms with Gasteiger partial charge in [0.25, 0.3) is 0 Å². The first-order valence-corrected chi connectivity index (χ1v) is 6.01. The van der Waals surface area contributed by atoms with Crippen LogP contribution in [0.25, 0.3) is 0 Å². The van der Waals surface area contributed by atoms with Crippen molar-refractivity contribution >= 4 is 34.7 Å². The Balaban J connectivity index is 2.80. The highest BCUT2D eigenvalue weighted by Gasteiger charge is 2.12. The van der Waals surface area contributed by atoms with Crippen molar-refractivity contribution in [2.75, 3.05) is 5.32 Å². The molecule has 0 aliphatic heterocycles. The number of amidine groups is 1. The maximum absolute atomic E-state index is 8.54. The maximum atomic E-state index is 8.54. The van der Waals surface area contributed by atoms with Crippen molar-refractivity contribution in [2.24, 2.45) is 10.9 Å². The Labute approximate surface area is 110 Å². The zero-order chi connectivity index (χ0) is 12.8. The van der Waals surface area contributed by atoms with E-state index in [1.165, 1.54) is 0 Å². The first-order valence-electron chi connectivity index (χ1n) is 5.25. The SMILES string of the molecule is CCC(CC(N)=NO)Nc1c(Cl)cccc1Cl. The minimum absolute atomic E-state index is 0.0169. The number of oxime groups is 1. The molecule has 1 aromatic carbocycles. The van der Waals surface area contributed by atoms with Gasteiger partial charge in [-0.15, -0.1) is 0 Å². The number of rotatable bonds is 5. The molecule has 1 unspecified atom stereocenters. The summed E-state index contributed by atoms with van der Waals surface area (Å²) in [6.45, 7) is 1.99. The molecular formula is C11H15Cl2N3O. The van der Waals surface area contributed by atoms with Gasteiger partial charge in [-0.2, -0.15) is 0 Å². The summed E-state index contributed by atoms with van der Waals surface area (Å²) < 4.78 is 0. The number of para-hydroxylation sites is 1. The van der Waals surface area contributed by atoms with E-state index >= 15 is 0 Å². The number of halogens is 2. The van der Waals surface area contributed by atoms with Gasteiger partial charge >= 0.3 is 0 Å². The van der Waals surface area contributed by atoms with Gasteiger partial charge in [0.15, 0.2) is 0 Å². The van der Waals surface area contributed by atoms with Gasteiger partial charge < -0.3 is 16.3 Å². The lowest BCUT2D eigenvalue weighted by molar-refractivity contribution is 0.316. The number of anilines is 1. The fourth-order valence-corrected chi connectivity index (χ4v) is 1.94. The molecule has 4 nitrogen and oxygen atoms in total. The summed E-state index contributed by atoms with van der Waals surface area (Å²) in [7, 11) is 0. The van der Waals surface area contributed by atoms with Crippen LogP contribution in [0.15, 0.2) is 23.4 Å². The molecule has 1 aromatic rings. The molecule has 0 saturated heterocycles. The van der Waals surface area contributed by atoms with Gasteiger partial charge in [-0.25, -0.2) is 0 Å². The minimum Gasteiger partial charge on any atom is -0.409 e. The standard InChI is InChI=1S/C11H15Cl2N3O/c1-2-7(6-10(14)16-17)15-11-8(12)4-3-5-9(11)13/h3-5,7,15,17H,2,6H2,1H3,(H2,14,16). The molecule has 6 heteroatoms. The summed E-state index contributed by atoms with van der Waals surface area (Å²) in [5, 5.41) is 15.8. The van der Waals surface area contributed by atoms with E-state index in [1.807, 2.05) is 6.92 Å². The second-order valence-corrected chi connectivity index (χ2v) is 4.46. The van der Waals surface area contributed by atoms with Gasteiger partial charge in [-0.05, 0) is 18.6 Å². The van der Waals surface area contributed by atoms with E-state index in [0.717, 1.165) is 6.42 Å². The van der Waals surface area contributed by atoms with E-state index in [4.69, 9.17) is 34.1 Å². The topological polar surface area (TPSA) is 70.6 Å². The van der Waals surface area contributed by atoms with E-state index in [0.29, 0.717) is 22.2 Å². The third kappa shape index (κ3) is 3.98. The van der Waals surface area contributed by atoms with Crippen LogP contribution in [0.3, 0.4) is 0 Å². The van der Waals surface area contributed by atoms with Crippen LogP contribution in [0.4, 0.5) is 5.69 Å². The summed E-state index contributed by atoms with van der Waals surface area (Å²) in [5.41, 5.74) is 6.15. The Bertz CT molecular complexity index is 389. The van der Waals surface area contributed by atoms with E-state index < -0.39 is 0 Å². The van der Waals surface area contributed by atoms with E-state index in [2.05, 4.69) is 10.5 Å². The van der Waals surface area contributed by atoms with Crippen LogP contribution in [0, 0.1) is 0 Å². The third-order valence-electron chi connectivity index (χ3n) is 2.39. The first-order chi connectivity index (χ1) is 8.08. The van der Waals surface area contributed by atoms with E-state index in [-0.39, 0.29) is 11.9 Å². The molecule has 0 bridgehead atoms. The number of benzene rings is 1. The molecule has 1 atom stereocenters. The Kier molecular flexibility index (Phi) is 5.38. The smallest absolute Gasteiger partial charge is 0.141 e. The number of nitrogens with two attached hydrogens (primary N) is 1. The van der Waals surface area contributed by atoms with Gasteiger partial charge in [0.1, 0.15) is 5.84 Å². The van der Waals surface area contributed by atoms with E-state index in [9.17, 15) is 0 Å². The minimum atomic E-state index is 0.0169. The molecule has 0 aliphatic rings. The molecule has 94 valence electrons. The quantitative estimate of drug-likeness (QED) is 0.334. The molecule has 0 spiro atoms. The molecule has 0 amide bonds. The first kappa shape index (κ1) is 13.9. The highest BCUT2D eigenvalue weighted by atomic mass is 35.5. The Morgan fingerprint density at radius 3 is 2.53 bits per heavy atom. The van der Waals surface area contributed by atoms with Crippen molar-refractivity contribution < 1.29 is 5.21 Å². The average molecular weight is 276 g/mol. The van der Waals surface area contributed by atoms with Crippen LogP contribution in [0.5, 0.6) is 0 Å². The summed E-state index contributed by atoms with van der Waals surface area (Å²) in [6, 6.07) is 5.31. The van der Waals surface area contributed by atoms with Crippen LogP contribution in [-0.2, 0) is 0 Å². The number of hydrogen-bond donors (Lipinski definition) is 3. The third-order valence-corrected chi connectivity index (χ3v) is 3.02. The fourth-order valence-electron chi connectivity index (χ4n) is 1.43. The molecule has 0 fully saturated rings. The van der Waals surface area contributed by atoms with Gasteiger partial charge in [-0.1, -0.05) is 41.3 Å². The summed E-state index contributed by atoms with van der Waals surface area (Å²) in [5.74, 6) is 0.174. The largest absolute Gasteiger partial charge is 0.409 e. The Morgan fingerprint density at radius 1 is 1.47 bits per heavy atom. The normalized spacial score (nSPS) is 13.5. The second-order valence-electron chi connectivity index (χ2n) is 3.64. The summed E-state index contributed by atoms with van der Waals surface area (Å²) in [4.78, 5) is 0. The molecule has 1 rings (SSSR count). The van der Waals surface area contributed by atoms with Gasteiger partial charge in [0.2, 0.25) is 0 Å². The number of hydrogen-bond acceptors (Lipinski definition) is 3. The van der Waals surface area contributed by atoms with Crippen molar-refractivity contribution in [2.45, 2.75) is 25.8 Å². The Hall–Kier alpha value is -1.13. The van der Waals surface area contributed by atoms with Crippen LogP contribution in [0.2, 0.25) is 10.0 Å². The van der Waals surface area contributed by atoms with Crippen molar-refractivity contribution in [3.8, 4) is 0 Å². The van der Waals surface area contributed by atoms with Crippen molar-refractivity contribution in [1.82, 2.24) is 0 Å². The van der Waals surface area contributed by atoms with Crippen LogP contribution >= 0.6 is 23.2 Å². The van der Waals surface area contributed by atoms with Crippen LogP contribution in [0.1, 0.15) is 19.8 Å². The molecule has 0 aliphatic carbocycles. The molecular weight excluding hydrogens is 261 g/mol. The lowest BCUT2D eigenvalue weighted by Crippen LogP contribution is -2.26. The number of nitrogens with zero attached hydrogens (tertiary/aromatic N) is 1. The Morgan fingerprint density at radius 2 is 2.06 bits per heavy atom. The predicted octanol–water partition coefficient (Wildman–Crippen LogP) is 3.32. The highest BCUT2D eigenvalue weighted by molar-refractivity contribution is 6.39. The molecule has 17 heavy (non-hydrogen) atoms. The van der Waals surface area contributed by atoms with Crippen molar-refractivity contribution in [1.29, 1.82) is 0 Å². The maximum Gasteiger partial charge on any atom is 0.141 e.